The lowest BCUT2D eigenvalue weighted by Gasteiger charge is -2.24. The number of pyridine rings is 1. The van der Waals surface area contributed by atoms with Crippen molar-refractivity contribution in [3.63, 3.8) is 0 Å². The maximum absolute atomic E-state index is 4.67. The molecular formula is C18H23N5. The summed E-state index contributed by atoms with van der Waals surface area (Å²) in [5.74, 6) is 1.75. The number of fused-ring (bicyclic) bond motifs is 1. The SMILES string of the molecule is CC(C)c1cc(N[C@@H](c2cccnc2)C(C)C)n2nccc2n1. The van der Waals surface area contributed by atoms with Crippen molar-refractivity contribution in [1.29, 1.82) is 0 Å². The first kappa shape index (κ1) is 15.5. The molecule has 0 amide bonds. The van der Waals surface area contributed by atoms with E-state index in [1.807, 2.05) is 22.8 Å². The lowest BCUT2D eigenvalue weighted by Crippen LogP contribution is -2.19. The molecule has 0 unspecified atom stereocenters. The molecule has 0 radical (unpaired) electrons. The average molecular weight is 309 g/mol. The summed E-state index contributed by atoms with van der Waals surface area (Å²) in [6, 6.07) is 8.28. The predicted molar refractivity (Wildman–Crippen MR) is 92.5 cm³/mol. The van der Waals surface area contributed by atoms with E-state index < -0.39 is 0 Å². The van der Waals surface area contributed by atoms with Crippen LogP contribution in [0.2, 0.25) is 0 Å². The normalized spacial score (nSPS) is 13.0. The van der Waals surface area contributed by atoms with E-state index in [2.05, 4.69) is 60.2 Å². The smallest absolute Gasteiger partial charge is 0.157 e. The summed E-state index contributed by atoms with van der Waals surface area (Å²) in [7, 11) is 0. The molecule has 0 bridgehead atoms. The first-order chi connectivity index (χ1) is 11.1. The van der Waals surface area contributed by atoms with Gasteiger partial charge in [0.05, 0.1) is 12.2 Å². The summed E-state index contributed by atoms with van der Waals surface area (Å²) in [4.78, 5) is 8.92. The van der Waals surface area contributed by atoms with Crippen LogP contribution in [-0.2, 0) is 0 Å². The zero-order chi connectivity index (χ0) is 16.4. The molecule has 23 heavy (non-hydrogen) atoms. The molecule has 0 saturated heterocycles. The Balaban J connectivity index is 2.03. The van der Waals surface area contributed by atoms with Gasteiger partial charge in [0.2, 0.25) is 0 Å². The van der Waals surface area contributed by atoms with E-state index in [0.717, 1.165) is 17.2 Å². The molecule has 1 atom stereocenters. The fraction of sp³-hybridized carbons (Fsp3) is 0.389. The summed E-state index contributed by atoms with van der Waals surface area (Å²) in [6.45, 7) is 8.71. The molecule has 3 rings (SSSR count). The Morgan fingerprint density at radius 1 is 1.09 bits per heavy atom. The zero-order valence-corrected chi connectivity index (χ0v) is 14.1. The fourth-order valence-corrected chi connectivity index (χ4v) is 2.69. The van der Waals surface area contributed by atoms with Crippen molar-refractivity contribution in [3.8, 4) is 0 Å². The van der Waals surface area contributed by atoms with Gasteiger partial charge >= 0.3 is 0 Å². The molecule has 0 spiro atoms. The van der Waals surface area contributed by atoms with Crippen LogP contribution in [0.25, 0.3) is 5.65 Å². The molecular weight excluding hydrogens is 286 g/mol. The third-order valence-electron chi connectivity index (χ3n) is 3.98. The first-order valence-corrected chi connectivity index (χ1v) is 8.07. The van der Waals surface area contributed by atoms with Gasteiger partial charge in [-0.25, -0.2) is 4.98 Å². The molecule has 5 heteroatoms. The molecule has 0 saturated carbocycles. The van der Waals surface area contributed by atoms with E-state index in [1.165, 1.54) is 5.56 Å². The van der Waals surface area contributed by atoms with E-state index >= 15 is 0 Å². The molecule has 0 aliphatic heterocycles. The van der Waals surface area contributed by atoms with Gasteiger partial charge in [-0.15, -0.1) is 0 Å². The summed E-state index contributed by atoms with van der Waals surface area (Å²) in [5, 5.41) is 8.04. The van der Waals surface area contributed by atoms with E-state index in [0.29, 0.717) is 11.8 Å². The summed E-state index contributed by atoms with van der Waals surface area (Å²) < 4.78 is 1.86. The molecule has 1 N–H and O–H groups in total. The highest BCUT2D eigenvalue weighted by Gasteiger charge is 2.18. The third kappa shape index (κ3) is 3.18. The number of nitrogens with one attached hydrogen (secondary N) is 1. The van der Waals surface area contributed by atoms with Gasteiger partial charge in [-0.2, -0.15) is 9.61 Å². The quantitative estimate of drug-likeness (QED) is 0.772. The molecule has 5 nitrogen and oxygen atoms in total. The topological polar surface area (TPSA) is 55.1 Å². The Morgan fingerprint density at radius 3 is 2.57 bits per heavy atom. The molecule has 3 aromatic heterocycles. The molecule has 0 aliphatic carbocycles. The summed E-state index contributed by atoms with van der Waals surface area (Å²) in [5.41, 5.74) is 3.10. The van der Waals surface area contributed by atoms with Crippen LogP contribution in [0.5, 0.6) is 0 Å². The second-order valence-electron chi connectivity index (χ2n) is 6.47. The van der Waals surface area contributed by atoms with Crippen LogP contribution in [-0.4, -0.2) is 19.6 Å². The van der Waals surface area contributed by atoms with Gasteiger partial charge in [0.1, 0.15) is 5.82 Å². The van der Waals surface area contributed by atoms with Crippen molar-refractivity contribution in [3.05, 3.63) is 54.1 Å². The van der Waals surface area contributed by atoms with Crippen molar-refractivity contribution in [2.75, 3.05) is 5.32 Å². The lowest BCUT2D eigenvalue weighted by molar-refractivity contribution is 0.541. The number of hydrogen-bond acceptors (Lipinski definition) is 4. The minimum absolute atomic E-state index is 0.165. The predicted octanol–water partition coefficient (Wildman–Crippen LogP) is 4.06. The van der Waals surface area contributed by atoms with Gasteiger partial charge in [-0.05, 0) is 23.5 Å². The van der Waals surface area contributed by atoms with Gasteiger partial charge < -0.3 is 5.32 Å². The highest BCUT2D eigenvalue weighted by molar-refractivity contribution is 5.50. The molecule has 0 aromatic carbocycles. The highest BCUT2D eigenvalue weighted by Crippen LogP contribution is 2.27. The maximum Gasteiger partial charge on any atom is 0.157 e. The van der Waals surface area contributed by atoms with Crippen LogP contribution in [0.1, 0.15) is 50.9 Å². The van der Waals surface area contributed by atoms with Gasteiger partial charge in [-0.1, -0.05) is 33.8 Å². The minimum atomic E-state index is 0.165. The van der Waals surface area contributed by atoms with Crippen molar-refractivity contribution >= 4 is 11.5 Å². The third-order valence-corrected chi connectivity index (χ3v) is 3.98. The van der Waals surface area contributed by atoms with Crippen molar-refractivity contribution in [2.24, 2.45) is 5.92 Å². The molecule has 3 heterocycles. The number of nitrogens with zero attached hydrogens (tertiary/aromatic N) is 4. The molecule has 0 fully saturated rings. The van der Waals surface area contributed by atoms with Crippen molar-refractivity contribution in [2.45, 2.75) is 39.7 Å². The Hall–Kier alpha value is -2.43. The molecule has 120 valence electrons. The van der Waals surface area contributed by atoms with E-state index in [-0.39, 0.29) is 6.04 Å². The number of anilines is 1. The van der Waals surface area contributed by atoms with Crippen LogP contribution in [0.15, 0.2) is 42.9 Å². The van der Waals surface area contributed by atoms with Crippen LogP contribution in [0, 0.1) is 5.92 Å². The van der Waals surface area contributed by atoms with Gasteiger partial charge in [0.15, 0.2) is 5.65 Å². The number of aromatic nitrogens is 4. The van der Waals surface area contributed by atoms with Gasteiger partial charge in [0, 0.05) is 30.2 Å². The van der Waals surface area contributed by atoms with E-state index in [9.17, 15) is 0 Å². The van der Waals surface area contributed by atoms with Crippen molar-refractivity contribution in [1.82, 2.24) is 19.6 Å². The Morgan fingerprint density at radius 2 is 1.91 bits per heavy atom. The summed E-state index contributed by atoms with van der Waals surface area (Å²) >= 11 is 0. The Bertz CT molecular complexity index is 776. The summed E-state index contributed by atoms with van der Waals surface area (Å²) in [6.07, 6.45) is 5.50. The first-order valence-electron chi connectivity index (χ1n) is 8.07. The second kappa shape index (κ2) is 6.36. The van der Waals surface area contributed by atoms with Crippen LogP contribution < -0.4 is 5.32 Å². The minimum Gasteiger partial charge on any atom is -0.363 e. The number of hydrogen-bond donors (Lipinski definition) is 1. The second-order valence-corrected chi connectivity index (χ2v) is 6.47. The van der Waals surface area contributed by atoms with E-state index in [4.69, 9.17) is 0 Å². The zero-order valence-electron chi connectivity index (χ0n) is 14.1. The molecule has 0 aliphatic rings. The van der Waals surface area contributed by atoms with Gasteiger partial charge in [0.25, 0.3) is 0 Å². The Kier molecular flexibility index (Phi) is 4.28. The lowest BCUT2D eigenvalue weighted by atomic mass is 9.97. The highest BCUT2D eigenvalue weighted by atomic mass is 15.3. The molecule has 3 aromatic rings. The number of rotatable bonds is 5. The van der Waals surface area contributed by atoms with E-state index in [1.54, 1.807) is 12.4 Å². The monoisotopic (exact) mass is 309 g/mol. The van der Waals surface area contributed by atoms with Crippen LogP contribution >= 0.6 is 0 Å². The average Bonchev–Trinajstić information content (AvgIpc) is 3.01. The van der Waals surface area contributed by atoms with Crippen LogP contribution in [0.4, 0.5) is 5.82 Å². The fourth-order valence-electron chi connectivity index (χ4n) is 2.69. The van der Waals surface area contributed by atoms with Gasteiger partial charge in [-0.3, -0.25) is 4.98 Å². The van der Waals surface area contributed by atoms with Crippen LogP contribution in [0.3, 0.4) is 0 Å². The Labute approximate surface area is 136 Å². The largest absolute Gasteiger partial charge is 0.363 e. The van der Waals surface area contributed by atoms with Crippen molar-refractivity contribution < 1.29 is 0 Å². The maximum atomic E-state index is 4.67. The standard InChI is InChI=1S/C18H23N5/c1-12(2)15-10-17(23-16(21-15)7-9-20-23)22-18(13(3)4)14-6-5-8-19-11-14/h5-13,18,22H,1-4H3/t18-/m1/s1.